The van der Waals surface area contributed by atoms with E-state index in [2.05, 4.69) is 22.1 Å². The maximum Gasteiger partial charge on any atom is 0.237 e. The Hall–Kier alpha value is -1.62. The van der Waals surface area contributed by atoms with E-state index in [-0.39, 0.29) is 11.3 Å². The molecule has 2 rings (SSSR count). The van der Waals surface area contributed by atoms with Crippen LogP contribution in [0.5, 0.6) is 0 Å². The molecule has 1 aromatic heterocycles. The molecule has 3 N–H and O–H groups in total. The van der Waals surface area contributed by atoms with Crippen molar-refractivity contribution in [1.82, 2.24) is 10.3 Å². The maximum atomic E-state index is 12.0. The minimum Gasteiger partial charge on any atom is -0.357 e. The van der Waals surface area contributed by atoms with Crippen LogP contribution in [0.4, 0.5) is 5.82 Å². The lowest BCUT2D eigenvalue weighted by Crippen LogP contribution is -2.48. The van der Waals surface area contributed by atoms with Crippen molar-refractivity contribution in [3.63, 3.8) is 0 Å². The first kappa shape index (κ1) is 17.7. The summed E-state index contributed by atoms with van der Waals surface area (Å²) < 4.78 is 0. The van der Waals surface area contributed by atoms with Crippen LogP contribution in [-0.4, -0.2) is 30.0 Å². The van der Waals surface area contributed by atoms with Crippen LogP contribution in [0.15, 0.2) is 18.3 Å². The molecule has 1 aliphatic heterocycles. The Balaban J connectivity index is 1.87. The van der Waals surface area contributed by atoms with E-state index in [1.165, 1.54) is 12.8 Å². The minimum atomic E-state index is -0.509. The lowest BCUT2D eigenvalue weighted by Gasteiger charge is -2.31. The highest BCUT2D eigenvalue weighted by Crippen LogP contribution is 2.21. The fraction of sp³-hybridized carbons (Fsp3) is 0.667. The first-order chi connectivity index (χ1) is 10.8. The van der Waals surface area contributed by atoms with Gasteiger partial charge in [-0.2, -0.15) is 0 Å². The standard InChI is InChI=1S/C18H30N4O/c1-13-7-9-22(10-8-13)15-6-5-14(11-20-15)12-21-17(23)16(19)18(2,3)4/h5-6,11,13,16H,7-10,12,19H2,1-4H3,(H,21,23)/t16-/m1/s1. The molecular formula is C18H30N4O. The van der Waals surface area contributed by atoms with Gasteiger partial charge in [0.2, 0.25) is 5.91 Å². The molecule has 1 aliphatic rings. The lowest BCUT2D eigenvalue weighted by atomic mass is 9.87. The summed E-state index contributed by atoms with van der Waals surface area (Å²) in [7, 11) is 0. The zero-order valence-corrected chi connectivity index (χ0v) is 14.8. The van der Waals surface area contributed by atoms with E-state index in [1.807, 2.05) is 39.1 Å². The lowest BCUT2D eigenvalue weighted by molar-refractivity contribution is -0.124. The van der Waals surface area contributed by atoms with Crippen molar-refractivity contribution in [2.45, 2.75) is 53.1 Å². The van der Waals surface area contributed by atoms with Gasteiger partial charge in [0.1, 0.15) is 5.82 Å². The summed E-state index contributed by atoms with van der Waals surface area (Å²) >= 11 is 0. The number of pyridine rings is 1. The number of aromatic nitrogens is 1. The number of hydrogen-bond acceptors (Lipinski definition) is 4. The molecule has 0 saturated carbocycles. The average molecular weight is 318 g/mol. The molecule has 1 saturated heterocycles. The molecule has 0 bridgehead atoms. The number of amides is 1. The number of nitrogens with zero attached hydrogens (tertiary/aromatic N) is 2. The van der Waals surface area contributed by atoms with Crippen LogP contribution in [0.25, 0.3) is 0 Å². The van der Waals surface area contributed by atoms with Crippen molar-refractivity contribution in [1.29, 1.82) is 0 Å². The van der Waals surface area contributed by atoms with Gasteiger partial charge in [0, 0.05) is 25.8 Å². The highest BCUT2D eigenvalue weighted by atomic mass is 16.2. The van der Waals surface area contributed by atoms with Crippen molar-refractivity contribution in [3.8, 4) is 0 Å². The first-order valence-electron chi connectivity index (χ1n) is 8.50. The quantitative estimate of drug-likeness (QED) is 0.893. The van der Waals surface area contributed by atoms with Crippen LogP contribution in [0, 0.1) is 11.3 Å². The number of nitrogens with two attached hydrogens (primary N) is 1. The maximum absolute atomic E-state index is 12.0. The third-order valence-electron chi connectivity index (χ3n) is 4.60. The van der Waals surface area contributed by atoms with Gasteiger partial charge < -0.3 is 16.0 Å². The molecule has 128 valence electrons. The Morgan fingerprint density at radius 1 is 1.39 bits per heavy atom. The number of rotatable bonds is 4. The number of hydrogen-bond donors (Lipinski definition) is 2. The molecule has 1 atom stereocenters. The summed E-state index contributed by atoms with van der Waals surface area (Å²) in [5, 5.41) is 2.89. The second-order valence-corrected chi connectivity index (χ2v) is 7.76. The van der Waals surface area contributed by atoms with Crippen LogP contribution in [0.1, 0.15) is 46.1 Å². The summed E-state index contributed by atoms with van der Waals surface area (Å²) in [5.74, 6) is 1.72. The molecule has 0 aliphatic carbocycles. The van der Waals surface area contributed by atoms with Crippen LogP contribution < -0.4 is 16.0 Å². The van der Waals surface area contributed by atoms with Crippen molar-refractivity contribution in [2.24, 2.45) is 17.1 Å². The van der Waals surface area contributed by atoms with E-state index in [0.29, 0.717) is 6.54 Å². The van der Waals surface area contributed by atoms with Crippen LogP contribution in [-0.2, 0) is 11.3 Å². The predicted octanol–water partition coefficient (Wildman–Crippen LogP) is 2.31. The SMILES string of the molecule is CC1CCN(c2ccc(CNC(=O)[C@@H](N)C(C)(C)C)cn2)CC1. The van der Waals surface area contributed by atoms with Gasteiger partial charge in [0.05, 0.1) is 6.04 Å². The Labute approximate surface area is 139 Å². The van der Waals surface area contributed by atoms with Gasteiger partial charge in [-0.25, -0.2) is 4.98 Å². The van der Waals surface area contributed by atoms with E-state index in [4.69, 9.17) is 5.73 Å². The fourth-order valence-electron chi connectivity index (χ4n) is 2.64. The van der Waals surface area contributed by atoms with E-state index in [9.17, 15) is 4.79 Å². The molecule has 23 heavy (non-hydrogen) atoms. The van der Waals surface area contributed by atoms with E-state index >= 15 is 0 Å². The van der Waals surface area contributed by atoms with Crippen molar-refractivity contribution < 1.29 is 4.79 Å². The third-order valence-corrected chi connectivity index (χ3v) is 4.60. The normalized spacial score (nSPS) is 17.9. The molecular weight excluding hydrogens is 288 g/mol. The van der Waals surface area contributed by atoms with Crippen LogP contribution in [0.3, 0.4) is 0 Å². The second-order valence-electron chi connectivity index (χ2n) is 7.76. The monoisotopic (exact) mass is 318 g/mol. The number of anilines is 1. The van der Waals surface area contributed by atoms with E-state index < -0.39 is 6.04 Å². The summed E-state index contributed by atoms with van der Waals surface area (Å²) in [6.07, 6.45) is 4.30. The Morgan fingerprint density at radius 3 is 2.57 bits per heavy atom. The summed E-state index contributed by atoms with van der Waals surface area (Å²) in [6, 6.07) is 3.56. The van der Waals surface area contributed by atoms with Crippen molar-refractivity contribution in [2.75, 3.05) is 18.0 Å². The topological polar surface area (TPSA) is 71.2 Å². The van der Waals surface area contributed by atoms with E-state index in [1.54, 1.807) is 0 Å². The number of nitrogens with one attached hydrogen (secondary N) is 1. The summed E-state index contributed by atoms with van der Waals surface area (Å²) in [4.78, 5) is 18.9. The Kier molecular flexibility index (Phi) is 5.63. The Bertz CT molecular complexity index is 513. The second kappa shape index (κ2) is 7.30. The van der Waals surface area contributed by atoms with Crippen LogP contribution >= 0.6 is 0 Å². The summed E-state index contributed by atoms with van der Waals surface area (Å²) in [6.45, 7) is 10.8. The smallest absolute Gasteiger partial charge is 0.237 e. The molecule has 0 unspecified atom stereocenters. The van der Waals surface area contributed by atoms with Crippen LogP contribution in [0.2, 0.25) is 0 Å². The molecule has 0 aromatic carbocycles. The largest absolute Gasteiger partial charge is 0.357 e. The third kappa shape index (κ3) is 4.93. The number of carbonyl (C=O) groups is 1. The van der Waals surface area contributed by atoms with Gasteiger partial charge in [0.15, 0.2) is 0 Å². The molecule has 1 amide bonds. The first-order valence-corrected chi connectivity index (χ1v) is 8.50. The molecule has 0 radical (unpaired) electrons. The van der Waals surface area contributed by atoms with Gasteiger partial charge in [-0.15, -0.1) is 0 Å². The molecule has 0 spiro atoms. The van der Waals surface area contributed by atoms with Gasteiger partial charge in [-0.3, -0.25) is 4.79 Å². The zero-order chi connectivity index (χ0) is 17.0. The number of piperidine rings is 1. The Morgan fingerprint density at radius 2 is 2.04 bits per heavy atom. The number of carbonyl (C=O) groups excluding carboxylic acids is 1. The highest BCUT2D eigenvalue weighted by molar-refractivity contribution is 5.82. The van der Waals surface area contributed by atoms with Crippen molar-refractivity contribution >= 4 is 11.7 Å². The molecule has 5 nitrogen and oxygen atoms in total. The van der Waals surface area contributed by atoms with Gasteiger partial charge in [0.25, 0.3) is 0 Å². The van der Waals surface area contributed by atoms with Gasteiger partial charge in [-0.05, 0) is 35.8 Å². The van der Waals surface area contributed by atoms with E-state index in [0.717, 1.165) is 30.4 Å². The van der Waals surface area contributed by atoms with Gasteiger partial charge in [-0.1, -0.05) is 33.8 Å². The fourth-order valence-corrected chi connectivity index (χ4v) is 2.64. The molecule has 1 fully saturated rings. The predicted molar refractivity (Wildman–Crippen MR) is 94.1 cm³/mol. The molecule has 2 heterocycles. The molecule has 1 aromatic rings. The van der Waals surface area contributed by atoms with Crippen molar-refractivity contribution in [3.05, 3.63) is 23.9 Å². The molecule has 5 heteroatoms. The zero-order valence-electron chi connectivity index (χ0n) is 14.8. The summed E-state index contributed by atoms with van der Waals surface area (Å²) in [5.41, 5.74) is 6.71. The van der Waals surface area contributed by atoms with Gasteiger partial charge >= 0.3 is 0 Å². The average Bonchev–Trinajstić information content (AvgIpc) is 2.52. The minimum absolute atomic E-state index is 0.119. The highest BCUT2D eigenvalue weighted by Gasteiger charge is 2.27.